The minimum Gasteiger partial charge on any atom is -0.494 e. The van der Waals surface area contributed by atoms with Gasteiger partial charge in [0.15, 0.2) is 0 Å². The predicted octanol–water partition coefficient (Wildman–Crippen LogP) is 1.86. The fraction of sp³-hybridized carbons (Fsp3) is 0.538. The second-order valence-electron chi connectivity index (χ2n) is 3.87. The van der Waals surface area contributed by atoms with Gasteiger partial charge in [-0.05, 0) is 39.0 Å². The average molecular weight is 239 g/mol. The number of aliphatic hydroxyl groups is 1. The molecule has 4 heteroatoms. The van der Waals surface area contributed by atoms with Gasteiger partial charge < -0.3 is 20.3 Å². The summed E-state index contributed by atoms with van der Waals surface area (Å²) in [5.41, 5.74) is 6.38. The molecule has 0 saturated carbocycles. The molecule has 3 N–H and O–H groups in total. The van der Waals surface area contributed by atoms with Crippen molar-refractivity contribution in [3.63, 3.8) is 0 Å². The van der Waals surface area contributed by atoms with E-state index in [2.05, 4.69) is 0 Å². The summed E-state index contributed by atoms with van der Waals surface area (Å²) >= 11 is 0. The molecule has 2 unspecified atom stereocenters. The van der Waals surface area contributed by atoms with E-state index in [1.165, 1.54) is 0 Å². The summed E-state index contributed by atoms with van der Waals surface area (Å²) in [6.45, 7) is 6.71. The molecule has 0 aliphatic carbocycles. The molecule has 0 fully saturated rings. The van der Waals surface area contributed by atoms with Crippen LogP contribution in [-0.2, 0) is 0 Å². The summed E-state index contributed by atoms with van der Waals surface area (Å²) in [6.07, 6.45) is -0.753. The van der Waals surface area contributed by atoms with Gasteiger partial charge in [-0.2, -0.15) is 0 Å². The first kappa shape index (κ1) is 13.8. The van der Waals surface area contributed by atoms with Gasteiger partial charge in [-0.15, -0.1) is 0 Å². The highest BCUT2D eigenvalue weighted by Gasteiger charge is 2.18. The summed E-state index contributed by atoms with van der Waals surface area (Å²) in [5.74, 6) is 1.37. The highest BCUT2D eigenvalue weighted by Crippen LogP contribution is 2.30. The molecule has 0 aromatic heterocycles. The first-order chi connectivity index (χ1) is 8.10. The van der Waals surface area contributed by atoms with Crippen LogP contribution in [0.3, 0.4) is 0 Å². The third-order valence-corrected chi connectivity index (χ3v) is 2.41. The van der Waals surface area contributed by atoms with Crippen molar-refractivity contribution in [3.05, 3.63) is 23.8 Å². The lowest BCUT2D eigenvalue weighted by molar-refractivity contribution is 0.147. The Hall–Kier alpha value is -1.26. The van der Waals surface area contributed by atoms with Gasteiger partial charge in [0.1, 0.15) is 11.5 Å². The van der Waals surface area contributed by atoms with Crippen LogP contribution in [-0.4, -0.2) is 24.4 Å². The third kappa shape index (κ3) is 3.61. The maximum Gasteiger partial charge on any atom is 0.125 e. The molecule has 96 valence electrons. The van der Waals surface area contributed by atoms with E-state index in [0.29, 0.717) is 30.3 Å². The van der Waals surface area contributed by atoms with E-state index in [4.69, 9.17) is 15.2 Å². The van der Waals surface area contributed by atoms with Crippen LogP contribution in [0.1, 0.15) is 32.4 Å². The fourth-order valence-corrected chi connectivity index (χ4v) is 1.58. The van der Waals surface area contributed by atoms with E-state index >= 15 is 0 Å². The van der Waals surface area contributed by atoms with Crippen LogP contribution in [0, 0.1) is 0 Å². The Bertz CT molecular complexity index is 353. The highest BCUT2D eigenvalue weighted by molar-refractivity contribution is 5.42. The molecule has 17 heavy (non-hydrogen) atoms. The van der Waals surface area contributed by atoms with E-state index in [-0.39, 0.29) is 6.04 Å². The zero-order valence-electron chi connectivity index (χ0n) is 10.6. The van der Waals surface area contributed by atoms with Crippen molar-refractivity contribution in [2.24, 2.45) is 5.73 Å². The topological polar surface area (TPSA) is 64.7 Å². The number of rotatable bonds is 6. The number of hydrogen-bond donors (Lipinski definition) is 2. The smallest absolute Gasteiger partial charge is 0.125 e. The van der Waals surface area contributed by atoms with E-state index < -0.39 is 6.10 Å². The molecule has 0 radical (unpaired) electrons. The third-order valence-electron chi connectivity index (χ3n) is 2.41. The lowest BCUT2D eigenvalue weighted by Gasteiger charge is -2.19. The monoisotopic (exact) mass is 239 g/mol. The molecule has 2 atom stereocenters. The van der Waals surface area contributed by atoms with Gasteiger partial charge in [0, 0.05) is 11.6 Å². The first-order valence-electron chi connectivity index (χ1n) is 5.93. The average Bonchev–Trinajstić information content (AvgIpc) is 2.30. The summed E-state index contributed by atoms with van der Waals surface area (Å²) in [6, 6.07) is 5.05. The van der Waals surface area contributed by atoms with Crippen molar-refractivity contribution >= 4 is 0 Å². The lowest BCUT2D eigenvalue weighted by Crippen LogP contribution is -2.25. The minimum atomic E-state index is -0.753. The molecule has 1 aromatic carbocycles. The Morgan fingerprint density at radius 1 is 1.24 bits per heavy atom. The fourth-order valence-electron chi connectivity index (χ4n) is 1.58. The first-order valence-corrected chi connectivity index (χ1v) is 5.93. The maximum absolute atomic E-state index is 10.0. The van der Waals surface area contributed by atoms with Crippen LogP contribution < -0.4 is 15.2 Å². The molecule has 0 heterocycles. The van der Waals surface area contributed by atoms with Gasteiger partial charge in [-0.25, -0.2) is 0 Å². The van der Waals surface area contributed by atoms with E-state index in [0.717, 1.165) is 0 Å². The van der Waals surface area contributed by atoms with Crippen LogP contribution in [0.5, 0.6) is 11.5 Å². The van der Waals surface area contributed by atoms with Gasteiger partial charge >= 0.3 is 0 Å². The second-order valence-corrected chi connectivity index (χ2v) is 3.87. The van der Waals surface area contributed by atoms with Gasteiger partial charge in [-0.1, -0.05) is 0 Å². The Balaban J connectivity index is 3.05. The summed E-state index contributed by atoms with van der Waals surface area (Å²) in [5, 5.41) is 10.0. The predicted molar refractivity (Wildman–Crippen MR) is 67.4 cm³/mol. The van der Waals surface area contributed by atoms with Crippen LogP contribution >= 0.6 is 0 Å². The Morgan fingerprint density at radius 2 is 1.88 bits per heavy atom. The number of benzene rings is 1. The van der Waals surface area contributed by atoms with Gasteiger partial charge in [0.25, 0.3) is 0 Å². The quantitative estimate of drug-likeness (QED) is 0.795. The zero-order chi connectivity index (χ0) is 12.8. The van der Waals surface area contributed by atoms with Crippen molar-refractivity contribution in [2.45, 2.75) is 32.9 Å². The number of nitrogens with two attached hydrogens (primary N) is 1. The van der Waals surface area contributed by atoms with Crippen molar-refractivity contribution in [2.75, 3.05) is 13.2 Å². The van der Waals surface area contributed by atoms with Gasteiger partial charge in [-0.3, -0.25) is 0 Å². The molecule has 0 amide bonds. The molecule has 1 aromatic rings. The highest BCUT2D eigenvalue weighted by atomic mass is 16.5. The summed E-state index contributed by atoms with van der Waals surface area (Å²) < 4.78 is 10.9. The van der Waals surface area contributed by atoms with Crippen molar-refractivity contribution in [3.8, 4) is 11.5 Å². The maximum atomic E-state index is 10.0. The van der Waals surface area contributed by atoms with E-state index in [1.807, 2.05) is 19.9 Å². The Morgan fingerprint density at radius 3 is 2.41 bits per heavy atom. The molecule has 0 bridgehead atoms. The molecular formula is C13H21NO3. The van der Waals surface area contributed by atoms with E-state index in [1.54, 1.807) is 19.1 Å². The lowest BCUT2D eigenvalue weighted by atomic mass is 10.0. The molecular weight excluding hydrogens is 218 g/mol. The van der Waals surface area contributed by atoms with Gasteiger partial charge in [0.05, 0.1) is 19.3 Å². The zero-order valence-corrected chi connectivity index (χ0v) is 10.6. The molecule has 0 spiro atoms. The molecule has 0 saturated heterocycles. The number of hydrogen-bond acceptors (Lipinski definition) is 4. The van der Waals surface area contributed by atoms with Crippen LogP contribution in [0.25, 0.3) is 0 Å². The van der Waals surface area contributed by atoms with Crippen molar-refractivity contribution in [1.82, 2.24) is 0 Å². The van der Waals surface area contributed by atoms with Crippen molar-refractivity contribution in [1.29, 1.82) is 0 Å². The summed E-state index contributed by atoms with van der Waals surface area (Å²) in [7, 11) is 0. The Kier molecular flexibility index (Phi) is 5.25. The standard InChI is InChI=1S/C13H21NO3/c1-4-16-10-6-7-12(17-5-2)11(8-10)13(15)9(3)14/h6-9,13,15H,4-5,14H2,1-3H3. The van der Waals surface area contributed by atoms with Crippen molar-refractivity contribution < 1.29 is 14.6 Å². The molecule has 4 nitrogen and oxygen atoms in total. The Labute approximate surface area is 102 Å². The number of aliphatic hydroxyl groups excluding tert-OH is 1. The SMILES string of the molecule is CCOc1ccc(OCC)c(C(O)C(C)N)c1. The van der Waals surface area contributed by atoms with Crippen LogP contribution in [0.4, 0.5) is 0 Å². The molecule has 0 aliphatic rings. The largest absolute Gasteiger partial charge is 0.494 e. The normalized spacial score (nSPS) is 14.2. The van der Waals surface area contributed by atoms with Crippen LogP contribution in [0.2, 0.25) is 0 Å². The van der Waals surface area contributed by atoms with Gasteiger partial charge in [0.2, 0.25) is 0 Å². The summed E-state index contributed by atoms with van der Waals surface area (Å²) in [4.78, 5) is 0. The molecule has 1 rings (SSSR count). The second kappa shape index (κ2) is 6.47. The molecule has 0 aliphatic heterocycles. The minimum absolute atomic E-state index is 0.355. The number of ether oxygens (including phenoxy) is 2. The van der Waals surface area contributed by atoms with E-state index in [9.17, 15) is 5.11 Å². The van der Waals surface area contributed by atoms with Crippen LogP contribution in [0.15, 0.2) is 18.2 Å².